The van der Waals surface area contributed by atoms with Gasteiger partial charge >= 0.3 is 0 Å². The van der Waals surface area contributed by atoms with Crippen molar-refractivity contribution in [2.24, 2.45) is 0 Å². The lowest BCUT2D eigenvalue weighted by atomic mass is 10.1. The predicted molar refractivity (Wildman–Crippen MR) is 84.1 cm³/mol. The van der Waals surface area contributed by atoms with Crippen LogP contribution in [0.25, 0.3) is 0 Å². The number of unbranched alkanes of at least 4 members (excludes halogenated alkanes) is 3. The molecule has 1 unspecified atom stereocenters. The minimum atomic E-state index is 0.349. The highest BCUT2D eigenvalue weighted by Gasteiger charge is 2.20. The number of ether oxygens (including phenoxy) is 1. The summed E-state index contributed by atoms with van der Waals surface area (Å²) in [5, 5.41) is 11.8. The summed E-state index contributed by atoms with van der Waals surface area (Å²) >= 11 is 0. The van der Waals surface area contributed by atoms with E-state index in [2.05, 4.69) is 29.5 Å². The molecule has 5 nitrogen and oxygen atoms in total. The summed E-state index contributed by atoms with van der Waals surface area (Å²) in [4.78, 5) is 0. The Morgan fingerprint density at radius 1 is 1.38 bits per heavy atom. The first-order chi connectivity index (χ1) is 10.3. The molecule has 1 aromatic rings. The molecule has 0 radical (unpaired) electrons. The first kappa shape index (κ1) is 16.4. The zero-order valence-corrected chi connectivity index (χ0v) is 13.6. The molecule has 0 bridgehead atoms. The third kappa shape index (κ3) is 7.05. The molecule has 1 saturated carbocycles. The Morgan fingerprint density at radius 3 is 3.00 bits per heavy atom. The van der Waals surface area contributed by atoms with Crippen LogP contribution in [0.5, 0.6) is 0 Å². The standard InChI is InChI=1S/C16H30N4O/c1-3-4-5-6-7-14(2)21-11-10-20-13-16(18-19-20)12-17-15-8-9-15/h13-15,17H,3-12H2,1-2H3. The van der Waals surface area contributed by atoms with E-state index in [4.69, 9.17) is 4.74 Å². The van der Waals surface area contributed by atoms with Crippen molar-refractivity contribution < 1.29 is 4.74 Å². The van der Waals surface area contributed by atoms with Crippen LogP contribution in [0.2, 0.25) is 0 Å². The molecule has 5 heteroatoms. The molecule has 0 amide bonds. The number of hydrogen-bond donors (Lipinski definition) is 1. The maximum atomic E-state index is 5.84. The molecule has 0 spiro atoms. The van der Waals surface area contributed by atoms with E-state index in [1.54, 1.807) is 0 Å². The molecular formula is C16H30N4O. The maximum absolute atomic E-state index is 5.84. The van der Waals surface area contributed by atoms with Gasteiger partial charge in [-0.15, -0.1) is 5.10 Å². The van der Waals surface area contributed by atoms with Gasteiger partial charge in [0.25, 0.3) is 0 Å². The van der Waals surface area contributed by atoms with E-state index in [-0.39, 0.29) is 0 Å². The minimum Gasteiger partial charge on any atom is -0.377 e. The molecule has 0 aromatic carbocycles. The molecule has 1 fully saturated rings. The van der Waals surface area contributed by atoms with Gasteiger partial charge in [-0.25, -0.2) is 4.68 Å². The Bertz CT molecular complexity index is 389. The van der Waals surface area contributed by atoms with Crippen molar-refractivity contribution in [1.29, 1.82) is 0 Å². The highest BCUT2D eigenvalue weighted by atomic mass is 16.5. The molecule has 1 heterocycles. The summed E-state index contributed by atoms with van der Waals surface area (Å²) in [5.41, 5.74) is 1.02. The largest absolute Gasteiger partial charge is 0.377 e. The lowest BCUT2D eigenvalue weighted by molar-refractivity contribution is 0.0513. The van der Waals surface area contributed by atoms with E-state index >= 15 is 0 Å². The SMILES string of the molecule is CCCCCCC(C)OCCn1cc(CNC2CC2)nn1. The van der Waals surface area contributed by atoms with Crippen LogP contribution >= 0.6 is 0 Å². The van der Waals surface area contributed by atoms with Crippen LogP contribution in [0.4, 0.5) is 0 Å². The molecule has 21 heavy (non-hydrogen) atoms. The van der Waals surface area contributed by atoms with Gasteiger partial charge in [-0.1, -0.05) is 37.8 Å². The van der Waals surface area contributed by atoms with E-state index in [0.29, 0.717) is 18.8 Å². The van der Waals surface area contributed by atoms with Crippen LogP contribution in [0.3, 0.4) is 0 Å². The van der Waals surface area contributed by atoms with Crippen molar-refractivity contribution in [3.8, 4) is 0 Å². The molecule has 0 aliphatic heterocycles. The van der Waals surface area contributed by atoms with Crippen LogP contribution in [-0.2, 0) is 17.8 Å². The van der Waals surface area contributed by atoms with E-state index in [0.717, 1.165) is 25.2 Å². The van der Waals surface area contributed by atoms with Crippen LogP contribution in [0.1, 0.15) is 64.5 Å². The third-order valence-electron chi connectivity index (χ3n) is 3.92. The first-order valence-corrected chi connectivity index (χ1v) is 8.52. The number of nitrogens with one attached hydrogen (secondary N) is 1. The lowest BCUT2D eigenvalue weighted by Crippen LogP contribution is -2.15. The van der Waals surface area contributed by atoms with Crippen molar-refractivity contribution in [2.75, 3.05) is 6.61 Å². The van der Waals surface area contributed by atoms with Gasteiger partial charge in [-0.2, -0.15) is 0 Å². The number of aromatic nitrogens is 3. The number of hydrogen-bond acceptors (Lipinski definition) is 4. The van der Waals surface area contributed by atoms with Crippen molar-refractivity contribution in [3.05, 3.63) is 11.9 Å². The fraction of sp³-hybridized carbons (Fsp3) is 0.875. The molecule has 120 valence electrons. The van der Waals surface area contributed by atoms with E-state index in [9.17, 15) is 0 Å². The Morgan fingerprint density at radius 2 is 2.24 bits per heavy atom. The van der Waals surface area contributed by atoms with Crippen molar-refractivity contribution >= 4 is 0 Å². The fourth-order valence-corrected chi connectivity index (χ4v) is 2.35. The zero-order valence-electron chi connectivity index (χ0n) is 13.6. The molecule has 2 rings (SSSR count). The van der Waals surface area contributed by atoms with Crippen LogP contribution < -0.4 is 5.32 Å². The third-order valence-corrected chi connectivity index (χ3v) is 3.92. The number of rotatable bonds is 12. The molecule has 1 aliphatic rings. The van der Waals surface area contributed by atoms with Crippen LogP contribution in [0.15, 0.2) is 6.20 Å². The second-order valence-corrected chi connectivity index (χ2v) is 6.16. The van der Waals surface area contributed by atoms with E-state index < -0.39 is 0 Å². The summed E-state index contributed by atoms with van der Waals surface area (Å²) < 4.78 is 7.72. The van der Waals surface area contributed by atoms with Gasteiger partial charge < -0.3 is 10.1 Å². The topological polar surface area (TPSA) is 52.0 Å². The Balaban J connectivity index is 1.53. The average molecular weight is 294 g/mol. The molecule has 1 N–H and O–H groups in total. The molecule has 1 atom stereocenters. The molecule has 1 aliphatic carbocycles. The van der Waals surface area contributed by atoms with Crippen molar-refractivity contribution in [1.82, 2.24) is 20.3 Å². The summed E-state index contributed by atoms with van der Waals surface area (Å²) in [5.74, 6) is 0. The van der Waals surface area contributed by atoms with Crippen LogP contribution in [-0.4, -0.2) is 33.7 Å². The predicted octanol–water partition coefficient (Wildman–Crippen LogP) is 2.91. The van der Waals surface area contributed by atoms with Crippen LogP contribution in [0, 0.1) is 0 Å². The average Bonchev–Trinajstić information content (AvgIpc) is 3.21. The maximum Gasteiger partial charge on any atom is 0.0964 e. The summed E-state index contributed by atoms with van der Waals surface area (Å²) in [6.45, 7) is 6.74. The highest BCUT2D eigenvalue weighted by Crippen LogP contribution is 2.18. The summed E-state index contributed by atoms with van der Waals surface area (Å²) in [6.07, 6.45) is 11.4. The van der Waals surface area contributed by atoms with Gasteiger partial charge in [0.2, 0.25) is 0 Å². The molecule has 1 aromatic heterocycles. The fourth-order valence-electron chi connectivity index (χ4n) is 2.35. The van der Waals surface area contributed by atoms with Gasteiger partial charge in [0.15, 0.2) is 0 Å². The van der Waals surface area contributed by atoms with Gasteiger partial charge in [-0.05, 0) is 26.2 Å². The van der Waals surface area contributed by atoms with E-state index in [1.807, 2.05) is 10.9 Å². The zero-order chi connectivity index (χ0) is 14.9. The summed E-state index contributed by atoms with van der Waals surface area (Å²) in [6, 6.07) is 0.715. The van der Waals surface area contributed by atoms with Gasteiger partial charge in [0.05, 0.1) is 24.9 Å². The van der Waals surface area contributed by atoms with Gasteiger partial charge in [-0.3, -0.25) is 0 Å². The normalized spacial score (nSPS) is 16.3. The van der Waals surface area contributed by atoms with Crippen molar-refractivity contribution in [2.45, 2.75) is 84.0 Å². The van der Waals surface area contributed by atoms with E-state index in [1.165, 1.54) is 38.5 Å². The Kier molecular flexibility index (Phi) is 7.16. The Labute approximate surface area is 128 Å². The minimum absolute atomic E-state index is 0.349. The Hall–Kier alpha value is -0.940. The smallest absolute Gasteiger partial charge is 0.0964 e. The highest BCUT2D eigenvalue weighted by molar-refractivity contribution is 4.94. The molecule has 0 saturated heterocycles. The second kappa shape index (κ2) is 9.15. The van der Waals surface area contributed by atoms with Gasteiger partial charge in [0.1, 0.15) is 0 Å². The van der Waals surface area contributed by atoms with Gasteiger partial charge in [0, 0.05) is 18.8 Å². The summed E-state index contributed by atoms with van der Waals surface area (Å²) in [7, 11) is 0. The second-order valence-electron chi connectivity index (χ2n) is 6.16. The monoisotopic (exact) mass is 294 g/mol. The molecular weight excluding hydrogens is 264 g/mol. The number of nitrogens with zero attached hydrogens (tertiary/aromatic N) is 3. The first-order valence-electron chi connectivity index (χ1n) is 8.52. The van der Waals surface area contributed by atoms with Crippen molar-refractivity contribution in [3.63, 3.8) is 0 Å². The lowest BCUT2D eigenvalue weighted by Gasteiger charge is -2.12. The quantitative estimate of drug-likeness (QED) is 0.602.